The van der Waals surface area contributed by atoms with Crippen molar-refractivity contribution in [3.8, 4) is 0 Å². The normalized spacial score (nSPS) is 12.3. The molecule has 2 N–H and O–H groups in total. The highest BCUT2D eigenvalue weighted by Gasteiger charge is 2.09. The summed E-state index contributed by atoms with van der Waals surface area (Å²) in [5.74, 6) is 0. The summed E-state index contributed by atoms with van der Waals surface area (Å²) >= 11 is 12.0. The van der Waals surface area contributed by atoms with Crippen molar-refractivity contribution in [1.29, 1.82) is 0 Å². The maximum Gasteiger partial charge on any atom is 0.0587 e. The van der Waals surface area contributed by atoms with Gasteiger partial charge in [-0.1, -0.05) is 59.6 Å². The number of benzene rings is 2. The van der Waals surface area contributed by atoms with Crippen LogP contribution in [-0.4, -0.2) is 17.8 Å². The Morgan fingerprint density at radius 1 is 1.05 bits per heavy atom. The lowest BCUT2D eigenvalue weighted by Crippen LogP contribution is -2.34. The van der Waals surface area contributed by atoms with E-state index in [0.29, 0.717) is 16.6 Å². The van der Waals surface area contributed by atoms with Crippen LogP contribution in [0.2, 0.25) is 10.0 Å². The Balaban J connectivity index is 1.93. The first-order chi connectivity index (χ1) is 9.69. The zero-order chi connectivity index (χ0) is 14.4. The lowest BCUT2D eigenvalue weighted by atomic mass is 10.1. The number of rotatable bonds is 6. The minimum atomic E-state index is 0.00384. The van der Waals surface area contributed by atoms with Crippen LogP contribution < -0.4 is 5.32 Å². The molecule has 2 nitrogen and oxygen atoms in total. The van der Waals surface area contributed by atoms with Crippen LogP contribution >= 0.6 is 23.2 Å². The Hall–Kier alpha value is -1.06. The molecule has 0 aliphatic heterocycles. The third kappa shape index (κ3) is 4.50. The van der Waals surface area contributed by atoms with E-state index >= 15 is 0 Å². The van der Waals surface area contributed by atoms with Gasteiger partial charge in [-0.2, -0.15) is 0 Å². The van der Waals surface area contributed by atoms with Crippen molar-refractivity contribution >= 4 is 23.2 Å². The largest absolute Gasteiger partial charge is 0.395 e. The lowest BCUT2D eigenvalue weighted by molar-refractivity contribution is 0.241. The van der Waals surface area contributed by atoms with Crippen LogP contribution in [0.5, 0.6) is 0 Å². The second kappa shape index (κ2) is 7.65. The number of halogens is 2. The fraction of sp³-hybridized carbons (Fsp3) is 0.250. The van der Waals surface area contributed by atoms with E-state index in [4.69, 9.17) is 23.2 Å². The molecule has 0 aliphatic carbocycles. The molecular formula is C16H17Cl2NO. The van der Waals surface area contributed by atoms with Crippen LogP contribution in [0, 0.1) is 0 Å². The van der Waals surface area contributed by atoms with Crippen molar-refractivity contribution in [2.24, 2.45) is 0 Å². The summed E-state index contributed by atoms with van der Waals surface area (Å²) in [6.07, 6.45) is 0.780. The molecule has 0 unspecified atom stereocenters. The van der Waals surface area contributed by atoms with Gasteiger partial charge in [0.05, 0.1) is 6.61 Å². The van der Waals surface area contributed by atoms with Crippen LogP contribution in [0.3, 0.4) is 0 Å². The van der Waals surface area contributed by atoms with Gasteiger partial charge in [0.25, 0.3) is 0 Å². The Morgan fingerprint density at radius 3 is 2.45 bits per heavy atom. The predicted molar refractivity (Wildman–Crippen MR) is 84.3 cm³/mol. The summed E-state index contributed by atoms with van der Waals surface area (Å²) in [5, 5.41) is 14.0. The first-order valence-corrected chi connectivity index (χ1v) is 7.26. The fourth-order valence-electron chi connectivity index (χ4n) is 2.02. The molecule has 0 saturated carbocycles. The zero-order valence-corrected chi connectivity index (χ0v) is 12.5. The van der Waals surface area contributed by atoms with E-state index in [1.54, 1.807) is 6.07 Å². The molecule has 0 fully saturated rings. The Bertz CT molecular complexity index is 545. The Morgan fingerprint density at radius 2 is 1.80 bits per heavy atom. The summed E-state index contributed by atoms with van der Waals surface area (Å²) < 4.78 is 0. The molecule has 0 heterocycles. The van der Waals surface area contributed by atoms with Crippen molar-refractivity contribution in [2.45, 2.75) is 19.0 Å². The van der Waals surface area contributed by atoms with Gasteiger partial charge in [0.1, 0.15) is 0 Å². The van der Waals surface area contributed by atoms with Crippen molar-refractivity contribution in [3.63, 3.8) is 0 Å². The minimum Gasteiger partial charge on any atom is -0.395 e. The predicted octanol–water partition coefficient (Wildman–Crippen LogP) is 3.69. The molecule has 0 amide bonds. The first-order valence-electron chi connectivity index (χ1n) is 6.51. The number of hydrogen-bond acceptors (Lipinski definition) is 2. The van der Waals surface area contributed by atoms with Gasteiger partial charge < -0.3 is 10.4 Å². The maximum absolute atomic E-state index is 9.46. The van der Waals surface area contributed by atoms with Gasteiger partial charge in [-0.15, -0.1) is 0 Å². The average Bonchev–Trinajstić information content (AvgIpc) is 2.46. The summed E-state index contributed by atoms with van der Waals surface area (Å²) in [7, 11) is 0. The molecule has 106 valence electrons. The van der Waals surface area contributed by atoms with E-state index in [0.717, 1.165) is 12.0 Å². The number of hydrogen-bond donors (Lipinski definition) is 2. The van der Waals surface area contributed by atoms with Crippen LogP contribution in [-0.2, 0) is 13.0 Å². The monoisotopic (exact) mass is 309 g/mol. The highest BCUT2D eigenvalue weighted by Crippen LogP contribution is 2.20. The molecule has 2 aromatic carbocycles. The van der Waals surface area contributed by atoms with Crippen LogP contribution in [0.4, 0.5) is 0 Å². The summed E-state index contributed by atoms with van der Waals surface area (Å²) in [5.41, 5.74) is 2.17. The summed E-state index contributed by atoms with van der Waals surface area (Å²) in [6, 6.07) is 15.5. The van der Waals surface area contributed by atoms with E-state index in [1.807, 2.05) is 30.3 Å². The van der Waals surface area contributed by atoms with Crippen molar-refractivity contribution in [2.75, 3.05) is 6.61 Å². The molecule has 0 saturated heterocycles. The molecule has 0 spiro atoms. The second-order valence-corrected chi connectivity index (χ2v) is 5.53. The van der Waals surface area contributed by atoms with E-state index < -0.39 is 0 Å². The summed E-state index contributed by atoms with van der Waals surface area (Å²) in [6.45, 7) is 0.689. The molecule has 0 bridgehead atoms. The lowest BCUT2D eigenvalue weighted by Gasteiger charge is -2.17. The molecule has 2 aromatic rings. The standard InChI is InChI=1S/C16H17Cl2NO/c17-14-7-6-13(16(18)9-14)10-19-15(11-20)8-12-4-2-1-3-5-12/h1-7,9,15,19-20H,8,10-11H2/t15-/m1/s1. The molecule has 0 aliphatic rings. The third-order valence-electron chi connectivity index (χ3n) is 3.14. The zero-order valence-electron chi connectivity index (χ0n) is 11.0. The molecule has 0 aromatic heterocycles. The van der Waals surface area contributed by atoms with Gasteiger partial charge in [-0.3, -0.25) is 0 Å². The highest BCUT2D eigenvalue weighted by atomic mass is 35.5. The van der Waals surface area contributed by atoms with Gasteiger partial charge in [0.2, 0.25) is 0 Å². The highest BCUT2D eigenvalue weighted by molar-refractivity contribution is 6.35. The molecule has 20 heavy (non-hydrogen) atoms. The smallest absolute Gasteiger partial charge is 0.0587 e. The molecule has 4 heteroatoms. The van der Waals surface area contributed by atoms with Gasteiger partial charge in [0.15, 0.2) is 0 Å². The van der Waals surface area contributed by atoms with Crippen LogP contribution in [0.25, 0.3) is 0 Å². The molecule has 1 atom stereocenters. The van der Waals surface area contributed by atoms with E-state index in [-0.39, 0.29) is 12.6 Å². The number of aliphatic hydroxyl groups excluding tert-OH is 1. The molecule has 2 rings (SSSR count). The van der Waals surface area contributed by atoms with Gasteiger partial charge in [-0.05, 0) is 29.7 Å². The summed E-state index contributed by atoms with van der Waals surface area (Å²) in [4.78, 5) is 0. The van der Waals surface area contributed by atoms with Crippen LogP contribution in [0.15, 0.2) is 48.5 Å². The molecule has 0 radical (unpaired) electrons. The third-order valence-corrected chi connectivity index (χ3v) is 3.73. The van der Waals surface area contributed by atoms with Gasteiger partial charge in [-0.25, -0.2) is 0 Å². The number of nitrogens with one attached hydrogen (secondary N) is 1. The van der Waals surface area contributed by atoms with Gasteiger partial charge >= 0.3 is 0 Å². The second-order valence-electron chi connectivity index (χ2n) is 4.69. The average molecular weight is 310 g/mol. The molecular weight excluding hydrogens is 293 g/mol. The Kier molecular flexibility index (Phi) is 5.86. The topological polar surface area (TPSA) is 32.3 Å². The first kappa shape index (κ1) is 15.3. The van der Waals surface area contributed by atoms with Crippen molar-refractivity contribution in [1.82, 2.24) is 5.32 Å². The fourth-order valence-corrected chi connectivity index (χ4v) is 2.49. The van der Waals surface area contributed by atoms with Crippen molar-refractivity contribution < 1.29 is 5.11 Å². The van der Waals surface area contributed by atoms with Crippen molar-refractivity contribution in [3.05, 3.63) is 69.7 Å². The van der Waals surface area contributed by atoms with E-state index in [1.165, 1.54) is 5.56 Å². The quantitative estimate of drug-likeness (QED) is 0.853. The maximum atomic E-state index is 9.46. The SMILES string of the molecule is OC[C@@H](Cc1ccccc1)NCc1ccc(Cl)cc1Cl. The van der Waals surface area contributed by atoms with E-state index in [2.05, 4.69) is 17.4 Å². The van der Waals surface area contributed by atoms with Gasteiger partial charge in [0, 0.05) is 22.6 Å². The van der Waals surface area contributed by atoms with E-state index in [9.17, 15) is 5.11 Å². The minimum absolute atomic E-state index is 0.00384. The van der Waals surface area contributed by atoms with Crippen LogP contribution in [0.1, 0.15) is 11.1 Å². The Labute approximate surface area is 129 Å². The number of aliphatic hydroxyl groups is 1.